The SMILES string of the molecule is CCCN(CC(=O)OC)C(=O)[C@@H]1CCCCN1. The van der Waals surface area contributed by atoms with Crippen molar-refractivity contribution in [3.63, 3.8) is 0 Å². The van der Waals surface area contributed by atoms with Crippen LogP contribution in [0.4, 0.5) is 0 Å². The van der Waals surface area contributed by atoms with E-state index in [0.29, 0.717) is 6.54 Å². The van der Waals surface area contributed by atoms with Crippen molar-refractivity contribution in [2.24, 2.45) is 0 Å². The fourth-order valence-electron chi connectivity index (χ4n) is 2.04. The Morgan fingerprint density at radius 3 is 2.71 bits per heavy atom. The quantitative estimate of drug-likeness (QED) is 0.715. The average Bonchev–Trinajstić information content (AvgIpc) is 2.38. The highest BCUT2D eigenvalue weighted by Gasteiger charge is 2.26. The van der Waals surface area contributed by atoms with Crippen molar-refractivity contribution in [1.82, 2.24) is 10.2 Å². The summed E-state index contributed by atoms with van der Waals surface area (Å²) in [5.41, 5.74) is 0. The number of nitrogens with zero attached hydrogens (tertiary/aromatic N) is 1. The fraction of sp³-hybridized carbons (Fsp3) is 0.833. The zero-order valence-corrected chi connectivity index (χ0v) is 10.7. The third kappa shape index (κ3) is 4.34. The fourth-order valence-corrected chi connectivity index (χ4v) is 2.04. The van der Waals surface area contributed by atoms with E-state index in [4.69, 9.17) is 0 Å². The molecule has 0 unspecified atom stereocenters. The number of carbonyl (C=O) groups is 2. The largest absolute Gasteiger partial charge is 0.468 e. The van der Waals surface area contributed by atoms with Crippen LogP contribution in [0.1, 0.15) is 32.6 Å². The van der Waals surface area contributed by atoms with Crippen molar-refractivity contribution < 1.29 is 14.3 Å². The van der Waals surface area contributed by atoms with Gasteiger partial charge in [0.05, 0.1) is 13.2 Å². The van der Waals surface area contributed by atoms with Crippen LogP contribution in [0.5, 0.6) is 0 Å². The van der Waals surface area contributed by atoms with E-state index in [-0.39, 0.29) is 24.5 Å². The maximum absolute atomic E-state index is 12.2. The summed E-state index contributed by atoms with van der Waals surface area (Å²) in [4.78, 5) is 25.0. The molecule has 1 aliphatic rings. The summed E-state index contributed by atoms with van der Waals surface area (Å²) >= 11 is 0. The van der Waals surface area contributed by atoms with Crippen LogP contribution in [0.25, 0.3) is 0 Å². The van der Waals surface area contributed by atoms with E-state index in [2.05, 4.69) is 10.1 Å². The van der Waals surface area contributed by atoms with Crippen LogP contribution in [0.3, 0.4) is 0 Å². The Bertz CT molecular complexity index is 262. The van der Waals surface area contributed by atoms with Gasteiger partial charge in [-0.15, -0.1) is 0 Å². The summed E-state index contributed by atoms with van der Waals surface area (Å²) < 4.78 is 4.61. The van der Waals surface area contributed by atoms with Gasteiger partial charge in [-0.05, 0) is 25.8 Å². The second-order valence-corrected chi connectivity index (χ2v) is 4.34. The van der Waals surface area contributed by atoms with Crippen LogP contribution in [-0.2, 0) is 14.3 Å². The number of methoxy groups -OCH3 is 1. The second-order valence-electron chi connectivity index (χ2n) is 4.34. The number of ether oxygens (including phenoxy) is 1. The predicted molar refractivity (Wildman–Crippen MR) is 64.5 cm³/mol. The standard InChI is InChI=1S/C12H22N2O3/c1-3-8-14(9-11(15)17-2)12(16)10-6-4-5-7-13-10/h10,13H,3-9H2,1-2H3/t10-/m0/s1. The van der Waals surface area contributed by atoms with Crippen LogP contribution >= 0.6 is 0 Å². The number of hydrogen-bond acceptors (Lipinski definition) is 4. The number of rotatable bonds is 5. The molecule has 1 saturated heterocycles. The lowest BCUT2D eigenvalue weighted by molar-refractivity contribution is -0.148. The average molecular weight is 242 g/mol. The molecule has 0 aromatic carbocycles. The lowest BCUT2D eigenvalue weighted by Gasteiger charge is -2.29. The summed E-state index contributed by atoms with van der Waals surface area (Å²) in [5, 5.41) is 3.21. The summed E-state index contributed by atoms with van der Waals surface area (Å²) in [7, 11) is 1.34. The molecule has 5 heteroatoms. The molecule has 17 heavy (non-hydrogen) atoms. The van der Waals surface area contributed by atoms with Gasteiger partial charge in [0.15, 0.2) is 0 Å². The molecule has 5 nitrogen and oxygen atoms in total. The maximum atomic E-state index is 12.2. The summed E-state index contributed by atoms with van der Waals surface area (Å²) in [6.45, 7) is 3.54. The van der Waals surface area contributed by atoms with Crippen molar-refractivity contribution in [2.75, 3.05) is 26.7 Å². The van der Waals surface area contributed by atoms with E-state index in [0.717, 1.165) is 32.2 Å². The van der Waals surface area contributed by atoms with E-state index >= 15 is 0 Å². The molecular formula is C12H22N2O3. The summed E-state index contributed by atoms with van der Waals surface area (Å²) in [5.74, 6) is -0.334. The Morgan fingerprint density at radius 2 is 2.18 bits per heavy atom. The first-order valence-electron chi connectivity index (χ1n) is 6.28. The minimum atomic E-state index is -0.359. The second kappa shape index (κ2) is 7.27. The highest BCUT2D eigenvalue weighted by molar-refractivity contribution is 5.85. The molecular weight excluding hydrogens is 220 g/mol. The van der Waals surface area contributed by atoms with E-state index in [1.807, 2.05) is 6.92 Å². The molecule has 1 atom stereocenters. The van der Waals surface area contributed by atoms with E-state index in [1.54, 1.807) is 4.90 Å². The van der Waals surface area contributed by atoms with Crippen LogP contribution < -0.4 is 5.32 Å². The molecule has 1 amide bonds. The molecule has 0 radical (unpaired) electrons. The molecule has 1 aliphatic heterocycles. The van der Waals surface area contributed by atoms with Crippen molar-refractivity contribution in [2.45, 2.75) is 38.6 Å². The van der Waals surface area contributed by atoms with Gasteiger partial charge in [0.1, 0.15) is 6.54 Å². The van der Waals surface area contributed by atoms with Gasteiger partial charge in [0.25, 0.3) is 0 Å². The number of hydrogen-bond donors (Lipinski definition) is 1. The first kappa shape index (κ1) is 14.0. The Kier molecular flexibility index (Phi) is 5.97. The number of nitrogens with one attached hydrogen (secondary N) is 1. The van der Waals surface area contributed by atoms with Crippen molar-refractivity contribution in [3.8, 4) is 0 Å². The lowest BCUT2D eigenvalue weighted by Crippen LogP contribution is -2.50. The number of carbonyl (C=O) groups excluding carboxylic acids is 2. The third-order valence-corrected chi connectivity index (χ3v) is 2.96. The van der Waals surface area contributed by atoms with Crippen molar-refractivity contribution in [3.05, 3.63) is 0 Å². The molecule has 1 fully saturated rings. The molecule has 0 spiro atoms. The Balaban J connectivity index is 2.55. The van der Waals surface area contributed by atoms with E-state index in [1.165, 1.54) is 7.11 Å². The van der Waals surface area contributed by atoms with Gasteiger partial charge in [-0.3, -0.25) is 9.59 Å². The number of amides is 1. The normalized spacial score (nSPS) is 19.8. The van der Waals surface area contributed by atoms with Gasteiger partial charge >= 0.3 is 5.97 Å². The van der Waals surface area contributed by atoms with Gasteiger partial charge in [0.2, 0.25) is 5.91 Å². The Labute approximate surface area is 102 Å². The molecule has 0 aliphatic carbocycles. The predicted octanol–water partition coefficient (Wildman–Crippen LogP) is 0.540. The van der Waals surface area contributed by atoms with Crippen LogP contribution in [0, 0.1) is 0 Å². The van der Waals surface area contributed by atoms with Gasteiger partial charge in [-0.25, -0.2) is 0 Å². The molecule has 1 rings (SSSR count). The zero-order valence-electron chi connectivity index (χ0n) is 10.7. The van der Waals surface area contributed by atoms with E-state index in [9.17, 15) is 9.59 Å². The van der Waals surface area contributed by atoms with Crippen molar-refractivity contribution in [1.29, 1.82) is 0 Å². The van der Waals surface area contributed by atoms with Crippen LogP contribution in [0.15, 0.2) is 0 Å². The molecule has 0 saturated carbocycles. The molecule has 0 aromatic heterocycles. The number of piperidine rings is 1. The van der Waals surface area contributed by atoms with Gasteiger partial charge < -0.3 is 15.0 Å². The van der Waals surface area contributed by atoms with Crippen LogP contribution in [-0.4, -0.2) is 49.6 Å². The van der Waals surface area contributed by atoms with Crippen LogP contribution in [0.2, 0.25) is 0 Å². The summed E-state index contributed by atoms with van der Waals surface area (Å²) in [6.07, 6.45) is 3.89. The third-order valence-electron chi connectivity index (χ3n) is 2.96. The molecule has 98 valence electrons. The van der Waals surface area contributed by atoms with Crippen molar-refractivity contribution >= 4 is 11.9 Å². The lowest BCUT2D eigenvalue weighted by atomic mass is 10.0. The first-order valence-corrected chi connectivity index (χ1v) is 6.28. The molecule has 1 N–H and O–H groups in total. The smallest absolute Gasteiger partial charge is 0.325 e. The van der Waals surface area contributed by atoms with Gasteiger partial charge in [0, 0.05) is 6.54 Å². The summed E-state index contributed by atoms with van der Waals surface area (Å²) in [6, 6.07) is -0.125. The molecule has 0 aromatic rings. The highest BCUT2D eigenvalue weighted by atomic mass is 16.5. The Morgan fingerprint density at radius 1 is 1.41 bits per heavy atom. The maximum Gasteiger partial charge on any atom is 0.325 e. The topological polar surface area (TPSA) is 58.6 Å². The monoisotopic (exact) mass is 242 g/mol. The first-order chi connectivity index (χ1) is 8.19. The molecule has 1 heterocycles. The Hall–Kier alpha value is -1.10. The van der Waals surface area contributed by atoms with Gasteiger partial charge in [-0.1, -0.05) is 13.3 Å². The minimum absolute atomic E-state index is 0.0250. The van der Waals surface area contributed by atoms with E-state index < -0.39 is 0 Å². The zero-order chi connectivity index (χ0) is 12.7. The highest BCUT2D eigenvalue weighted by Crippen LogP contribution is 2.10. The molecule has 0 bridgehead atoms. The van der Waals surface area contributed by atoms with Gasteiger partial charge in [-0.2, -0.15) is 0 Å². The minimum Gasteiger partial charge on any atom is -0.468 e. The number of esters is 1.